The van der Waals surface area contributed by atoms with Gasteiger partial charge >= 0.3 is 5.97 Å². The minimum Gasteiger partial charge on any atom is -0.452 e. The Morgan fingerprint density at radius 3 is 2.38 bits per heavy atom. The van der Waals surface area contributed by atoms with Crippen molar-refractivity contribution in [2.24, 2.45) is 11.7 Å². The van der Waals surface area contributed by atoms with E-state index in [2.05, 4.69) is 4.57 Å². The molecule has 0 saturated carbocycles. The molecule has 2 N–H and O–H groups in total. The van der Waals surface area contributed by atoms with Crippen LogP contribution < -0.4 is 5.73 Å². The lowest BCUT2D eigenvalue weighted by Gasteiger charge is -2.30. The molecule has 2 amide bonds. The Kier molecular flexibility index (Phi) is 6.36. The van der Waals surface area contributed by atoms with E-state index >= 15 is 0 Å². The van der Waals surface area contributed by atoms with E-state index in [1.165, 1.54) is 0 Å². The third-order valence-electron chi connectivity index (χ3n) is 5.55. The first-order valence-corrected chi connectivity index (χ1v) is 9.81. The van der Waals surface area contributed by atoms with Gasteiger partial charge in [0.15, 0.2) is 6.61 Å². The Balaban J connectivity index is 1.58. The number of esters is 1. The number of amides is 2. The van der Waals surface area contributed by atoms with Gasteiger partial charge < -0.3 is 19.9 Å². The van der Waals surface area contributed by atoms with Crippen LogP contribution in [-0.2, 0) is 20.9 Å². The largest absolute Gasteiger partial charge is 0.452 e. The van der Waals surface area contributed by atoms with Crippen molar-refractivity contribution in [1.29, 1.82) is 0 Å². The van der Waals surface area contributed by atoms with Crippen LogP contribution in [0, 0.1) is 19.8 Å². The van der Waals surface area contributed by atoms with Crippen molar-refractivity contribution in [2.45, 2.75) is 33.2 Å². The van der Waals surface area contributed by atoms with Gasteiger partial charge in [-0.15, -0.1) is 0 Å². The maximum Gasteiger partial charge on any atom is 0.340 e. The average molecular weight is 397 g/mol. The van der Waals surface area contributed by atoms with Crippen molar-refractivity contribution in [3.8, 4) is 0 Å². The van der Waals surface area contributed by atoms with Crippen LogP contribution >= 0.6 is 0 Å². The molecule has 0 unspecified atom stereocenters. The second-order valence-electron chi connectivity index (χ2n) is 7.49. The predicted molar refractivity (Wildman–Crippen MR) is 108 cm³/mol. The number of ether oxygens (including phenoxy) is 1. The Morgan fingerprint density at radius 1 is 1.10 bits per heavy atom. The summed E-state index contributed by atoms with van der Waals surface area (Å²) in [4.78, 5) is 37.7. The van der Waals surface area contributed by atoms with Gasteiger partial charge in [-0.25, -0.2) is 4.79 Å². The standard InChI is InChI=1S/C22H27N3O4/c1-15-12-19(16(2)25(15)13-17-6-4-3-5-7-17)22(28)29-14-20(26)24-10-8-18(9-11-24)21(23)27/h3-7,12,18H,8-11,13-14H2,1-2H3,(H2,23,27). The molecule has 1 aliphatic rings. The molecule has 7 heteroatoms. The summed E-state index contributed by atoms with van der Waals surface area (Å²) in [5.41, 5.74) is 8.70. The van der Waals surface area contributed by atoms with Crippen LogP contribution in [0.5, 0.6) is 0 Å². The normalized spacial score (nSPS) is 14.6. The van der Waals surface area contributed by atoms with Crippen molar-refractivity contribution in [2.75, 3.05) is 19.7 Å². The van der Waals surface area contributed by atoms with E-state index in [0.717, 1.165) is 17.0 Å². The summed E-state index contributed by atoms with van der Waals surface area (Å²) in [6, 6.07) is 11.8. The third kappa shape index (κ3) is 4.85. The molecule has 0 spiro atoms. The van der Waals surface area contributed by atoms with Crippen LogP contribution in [0.2, 0.25) is 0 Å². The first-order chi connectivity index (χ1) is 13.9. The number of nitrogens with two attached hydrogens (primary N) is 1. The second-order valence-corrected chi connectivity index (χ2v) is 7.49. The summed E-state index contributed by atoms with van der Waals surface area (Å²) in [6.45, 7) is 5.09. The summed E-state index contributed by atoms with van der Waals surface area (Å²) >= 11 is 0. The fraction of sp³-hybridized carbons (Fsp3) is 0.409. The SMILES string of the molecule is Cc1cc(C(=O)OCC(=O)N2CCC(C(N)=O)CC2)c(C)n1Cc1ccccc1. The topological polar surface area (TPSA) is 94.6 Å². The molecule has 1 fully saturated rings. The van der Waals surface area contributed by atoms with E-state index in [4.69, 9.17) is 10.5 Å². The molecule has 1 aromatic heterocycles. The molecule has 2 heterocycles. The zero-order valence-electron chi connectivity index (χ0n) is 16.9. The number of rotatable bonds is 6. The van der Waals surface area contributed by atoms with Crippen LogP contribution in [0.25, 0.3) is 0 Å². The minimum absolute atomic E-state index is 0.184. The van der Waals surface area contributed by atoms with Crippen LogP contribution in [-0.4, -0.2) is 46.9 Å². The maximum absolute atomic E-state index is 12.5. The van der Waals surface area contributed by atoms with Crippen LogP contribution in [0.15, 0.2) is 36.4 Å². The number of likely N-dealkylation sites (tertiary alicyclic amines) is 1. The van der Waals surface area contributed by atoms with E-state index in [9.17, 15) is 14.4 Å². The van der Waals surface area contributed by atoms with Crippen molar-refractivity contribution < 1.29 is 19.1 Å². The first-order valence-electron chi connectivity index (χ1n) is 9.81. The van der Waals surface area contributed by atoms with E-state index in [1.807, 2.05) is 44.2 Å². The highest BCUT2D eigenvalue weighted by Crippen LogP contribution is 2.19. The fourth-order valence-electron chi connectivity index (χ4n) is 3.73. The van der Waals surface area contributed by atoms with E-state index in [-0.39, 0.29) is 24.3 Å². The molecular weight excluding hydrogens is 370 g/mol. The number of primary amides is 1. The van der Waals surface area contributed by atoms with Gasteiger partial charge in [-0.2, -0.15) is 0 Å². The molecule has 3 rings (SSSR count). The molecule has 2 aromatic rings. The smallest absolute Gasteiger partial charge is 0.340 e. The number of carbonyl (C=O) groups excluding carboxylic acids is 3. The highest BCUT2D eigenvalue weighted by Gasteiger charge is 2.27. The average Bonchev–Trinajstić information content (AvgIpc) is 3.01. The van der Waals surface area contributed by atoms with Gasteiger partial charge in [-0.05, 0) is 38.3 Å². The van der Waals surface area contributed by atoms with Gasteiger partial charge in [0.25, 0.3) is 5.91 Å². The fourth-order valence-corrected chi connectivity index (χ4v) is 3.73. The number of aryl methyl sites for hydroxylation is 1. The number of aromatic nitrogens is 1. The van der Waals surface area contributed by atoms with Crippen molar-refractivity contribution in [3.05, 3.63) is 58.9 Å². The molecule has 0 atom stereocenters. The molecule has 0 bridgehead atoms. The lowest BCUT2D eigenvalue weighted by Crippen LogP contribution is -2.43. The zero-order chi connectivity index (χ0) is 21.0. The van der Waals surface area contributed by atoms with Gasteiger partial charge in [-0.1, -0.05) is 30.3 Å². The lowest BCUT2D eigenvalue weighted by atomic mass is 9.96. The molecular formula is C22H27N3O4. The monoisotopic (exact) mass is 397 g/mol. The number of benzene rings is 1. The Morgan fingerprint density at radius 2 is 1.76 bits per heavy atom. The summed E-state index contributed by atoms with van der Waals surface area (Å²) in [5.74, 6) is -1.26. The van der Waals surface area contributed by atoms with Gasteiger partial charge in [0.1, 0.15) is 0 Å². The summed E-state index contributed by atoms with van der Waals surface area (Å²) in [7, 11) is 0. The van der Waals surface area contributed by atoms with E-state index in [1.54, 1.807) is 11.0 Å². The van der Waals surface area contributed by atoms with Gasteiger partial charge in [0.05, 0.1) is 5.56 Å². The van der Waals surface area contributed by atoms with Gasteiger partial charge in [0, 0.05) is 36.9 Å². The molecule has 29 heavy (non-hydrogen) atoms. The summed E-state index contributed by atoms with van der Waals surface area (Å²) in [6.07, 6.45) is 1.10. The molecule has 0 radical (unpaired) electrons. The maximum atomic E-state index is 12.5. The quantitative estimate of drug-likeness (QED) is 0.755. The van der Waals surface area contributed by atoms with Crippen LogP contribution in [0.3, 0.4) is 0 Å². The Hall–Kier alpha value is -3.09. The number of nitrogens with zero attached hydrogens (tertiary/aromatic N) is 2. The Labute approximate surface area is 170 Å². The minimum atomic E-state index is -0.502. The molecule has 1 saturated heterocycles. The highest BCUT2D eigenvalue weighted by molar-refractivity contribution is 5.92. The number of carbonyl (C=O) groups is 3. The Bertz CT molecular complexity index is 896. The van der Waals surface area contributed by atoms with Crippen molar-refractivity contribution in [1.82, 2.24) is 9.47 Å². The number of hydrogen-bond donors (Lipinski definition) is 1. The van der Waals surface area contributed by atoms with Gasteiger partial charge in [0.2, 0.25) is 5.91 Å². The zero-order valence-corrected chi connectivity index (χ0v) is 16.9. The van der Waals surface area contributed by atoms with Crippen LogP contribution in [0.1, 0.15) is 40.2 Å². The van der Waals surface area contributed by atoms with E-state index < -0.39 is 5.97 Å². The molecule has 1 aromatic carbocycles. The third-order valence-corrected chi connectivity index (χ3v) is 5.55. The number of piperidine rings is 1. The summed E-state index contributed by atoms with van der Waals surface area (Å²) in [5, 5.41) is 0. The predicted octanol–water partition coefficient (Wildman–Crippen LogP) is 2.03. The number of hydrogen-bond acceptors (Lipinski definition) is 4. The van der Waals surface area contributed by atoms with Crippen molar-refractivity contribution >= 4 is 17.8 Å². The van der Waals surface area contributed by atoms with E-state index in [0.29, 0.717) is 38.0 Å². The summed E-state index contributed by atoms with van der Waals surface area (Å²) < 4.78 is 7.34. The molecule has 0 aliphatic carbocycles. The lowest BCUT2D eigenvalue weighted by molar-refractivity contribution is -0.137. The molecule has 7 nitrogen and oxygen atoms in total. The first kappa shape index (κ1) is 20.6. The molecule has 154 valence electrons. The van der Waals surface area contributed by atoms with Gasteiger partial charge in [-0.3, -0.25) is 9.59 Å². The van der Waals surface area contributed by atoms with Crippen LogP contribution in [0.4, 0.5) is 0 Å². The second kappa shape index (κ2) is 8.94. The molecule has 1 aliphatic heterocycles. The van der Waals surface area contributed by atoms with Crippen molar-refractivity contribution in [3.63, 3.8) is 0 Å². The highest BCUT2D eigenvalue weighted by atomic mass is 16.5.